The average Bonchev–Trinajstić information content (AvgIpc) is 3.78. The lowest BCUT2D eigenvalue weighted by atomic mass is 10.1. The molecular formula is C26H26Cl2N4O3. The quantitative estimate of drug-likeness (QED) is 0.297. The Kier molecular flexibility index (Phi) is 6.55. The van der Waals surface area contributed by atoms with E-state index in [1.807, 2.05) is 38.1 Å². The summed E-state index contributed by atoms with van der Waals surface area (Å²) in [4.78, 5) is 17.7. The SMILES string of the molecule is COc1nc(C2CC2)nc2c(Cl)c(C)ccc12.COc1nc(OC2CC2)nc2c(Cl)c(C)ccc12. The first-order valence-corrected chi connectivity index (χ1v) is 12.3. The van der Waals surface area contributed by atoms with Crippen LogP contribution < -0.4 is 14.2 Å². The van der Waals surface area contributed by atoms with Crippen LogP contribution in [-0.4, -0.2) is 40.3 Å². The molecule has 2 aromatic heterocycles. The van der Waals surface area contributed by atoms with Crippen LogP contribution in [0.1, 0.15) is 48.6 Å². The molecule has 0 atom stereocenters. The summed E-state index contributed by atoms with van der Waals surface area (Å²) in [6.45, 7) is 3.92. The van der Waals surface area contributed by atoms with Crippen molar-refractivity contribution in [3.05, 3.63) is 51.3 Å². The summed E-state index contributed by atoms with van der Waals surface area (Å²) in [7, 11) is 3.21. The summed E-state index contributed by atoms with van der Waals surface area (Å²) in [6.07, 6.45) is 4.70. The molecule has 7 nitrogen and oxygen atoms in total. The van der Waals surface area contributed by atoms with Crippen LogP contribution in [-0.2, 0) is 0 Å². The first kappa shape index (κ1) is 23.8. The Morgan fingerprint density at radius 2 is 1.26 bits per heavy atom. The van der Waals surface area contributed by atoms with Crippen molar-refractivity contribution in [2.45, 2.75) is 51.6 Å². The number of ether oxygens (including phenoxy) is 3. The van der Waals surface area contributed by atoms with E-state index in [-0.39, 0.29) is 6.10 Å². The van der Waals surface area contributed by atoms with E-state index >= 15 is 0 Å². The first-order chi connectivity index (χ1) is 16.9. The average molecular weight is 513 g/mol. The zero-order valence-corrected chi connectivity index (χ0v) is 21.6. The molecule has 0 amide bonds. The van der Waals surface area contributed by atoms with Gasteiger partial charge in [0.15, 0.2) is 0 Å². The van der Waals surface area contributed by atoms with Crippen LogP contribution in [0.25, 0.3) is 21.8 Å². The van der Waals surface area contributed by atoms with Gasteiger partial charge < -0.3 is 14.2 Å². The Morgan fingerprint density at radius 3 is 1.77 bits per heavy atom. The predicted octanol–water partition coefficient (Wildman–Crippen LogP) is 6.62. The molecule has 9 heteroatoms. The number of aryl methyl sites for hydroxylation is 2. The van der Waals surface area contributed by atoms with Crippen LogP contribution in [0.3, 0.4) is 0 Å². The fourth-order valence-corrected chi connectivity index (χ4v) is 4.10. The van der Waals surface area contributed by atoms with Crippen molar-refractivity contribution in [3.63, 3.8) is 0 Å². The van der Waals surface area contributed by atoms with Gasteiger partial charge in [-0.25, -0.2) is 4.98 Å². The summed E-state index contributed by atoms with van der Waals surface area (Å²) < 4.78 is 16.2. The molecule has 2 heterocycles. The number of aromatic nitrogens is 4. The number of fused-ring (bicyclic) bond motifs is 2. The highest BCUT2D eigenvalue weighted by atomic mass is 35.5. The Bertz CT molecular complexity index is 1420. The number of hydrogen-bond acceptors (Lipinski definition) is 7. The highest BCUT2D eigenvalue weighted by Gasteiger charge is 2.28. The van der Waals surface area contributed by atoms with Gasteiger partial charge in [0.05, 0.1) is 40.6 Å². The Hall–Kier alpha value is -2.90. The lowest BCUT2D eigenvalue weighted by Crippen LogP contribution is -2.03. The second kappa shape index (κ2) is 9.63. The van der Waals surface area contributed by atoms with Crippen molar-refractivity contribution < 1.29 is 14.2 Å². The zero-order valence-electron chi connectivity index (χ0n) is 20.1. The normalized spacial score (nSPS) is 15.0. The van der Waals surface area contributed by atoms with Crippen LogP contribution in [0, 0.1) is 13.8 Å². The molecule has 2 aliphatic carbocycles. The number of nitrogens with zero attached hydrogens (tertiary/aromatic N) is 4. The van der Waals surface area contributed by atoms with Crippen molar-refractivity contribution in [3.8, 4) is 17.8 Å². The van der Waals surface area contributed by atoms with Gasteiger partial charge in [-0.2, -0.15) is 15.0 Å². The maximum absolute atomic E-state index is 6.31. The van der Waals surface area contributed by atoms with Crippen molar-refractivity contribution in [2.75, 3.05) is 14.2 Å². The van der Waals surface area contributed by atoms with E-state index in [1.165, 1.54) is 0 Å². The van der Waals surface area contributed by atoms with Crippen LogP contribution >= 0.6 is 23.2 Å². The van der Waals surface area contributed by atoms with E-state index in [4.69, 9.17) is 37.4 Å². The molecule has 0 unspecified atom stereocenters. The minimum absolute atomic E-state index is 0.246. The van der Waals surface area contributed by atoms with E-state index < -0.39 is 0 Å². The Labute approximate surface area is 213 Å². The molecule has 2 aromatic carbocycles. The van der Waals surface area contributed by atoms with Gasteiger partial charge in [-0.3, -0.25) is 0 Å². The molecule has 0 bridgehead atoms. The van der Waals surface area contributed by atoms with Crippen molar-refractivity contribution in [2.24, 2.45) is 0 Å². The number of rotatable bonds is 5. The van der Waals surface area contributed by atoms with E-state index in [1.54, 1.807) is 14.2 Å². The third-order valence-corrected chi connectivity index (χ3v) is 7.01. The maximum atomic E-state index is 6.31. The molecule has 2 aliphatic rings. The third-order valence-electron chi connectivity index (χ3n) is 6.05. The smallest absolute Gasteiger partial charge is 0.320 e. The molecule has 0 spiro atoms. The predicted molar refractivity (Wildman–Crippen MR) is 137 cm³/mol. The van der Waals surface area contributed by atoms with E-state index in [2.05, 4.69) is 19.9 Å². The topological polar surface area (TPSA) is 79.3 Å². The van der Waals surface area contributed by atoms with Gasteiger partial charge in [0.1, 0.15) is 17.4 Å². The van der Waals surface area contributed by atoms with Gasteiger partial charge >= 0.3 is 6.01 Å². The van der Waals surface area contributed by atoms with E-state index in [9.17, 15) is 0 Å². The molecule has 182 valence electrons. The number of methoxy groups -OCH3 is 2. The summed E-state index contributed by atoms with van der Waals surface area (Å²) in [6, 6.07) is 8.11. The van der Waals surface area contributed by atoms with Crippen LogP contribution in [0.2, 0.25) is 10.0 Å². The first-order valence-electron chi connectivity index (χ1n) is 11.6. The monoisotopic (exact) mass is 512 g/mol. The Morgan fingerprint density at radius 1 is 0.714 bits per heavy atom. The summed E-state index contributed by atoms with van der Waals surface area (Å²) >= 11 is 12.6. The lowest BCUT2D eigenvalue weighted by molar-refractivity contribution is 0.273. The number of halogens is 2. The maximum Gasteiger partial charge on any atom is 0.320 e. The molecule has 4 aromatic rings. The van der Waals surface area contributed by atoms with Gasteiger partial charge in [0, 0.05) is 5.92 Å². The molecule has 0 radical (unpaired) electrons. The second-order valence-corrected chi connectivity index (χ2v) is 9.64. The molecule has 35 heavy (non-hydrogen) atoms. The fraction of sp³-hybridized carbons (Fsp3) is 0.385. The summed E-state index contributed by atoms with van der Waals surface area (Å²) in [5.74, 6) is 2.48. The van der Waals surface area contributed by atoms with E-state index in [0.717, 1.165) is 58.9 Å². The molecular weight excluding hydrogens is 487 g/mol. The standard InChI is InChI=1S/C13H13ClN2O2.C13H13ClN2O/c1-7-3-6-9-11(10(7)14)15-13(16-12(9)17-2)18-8-4-5-8;1-7-3-6-9-11(10(7)14)15-12(8-4-5-8)16-13(9)17-2/h3,6,8H,4-5H2,1-2H3;3,6,8H,4-5H2,1-2H3. The van der Waals surface area contributed by atoms with E-state index in [0.29, 0.717) is 39.3 Å². The highest BCUT2D eigenvalue weighted by molar-refractivity contribution is 6.36. The number of hydrogen-bond donors (Lipinski definition) is 0. The van der Waals surface area contributed by atoms with Crippen LogP contribution in [0.15, 0.2) is 24.3 Å². The molecule has 2 fully saturated rings. The second-order valence-electron chi connectivity index (χ2n) is 8.88. The van der Waals surface area contributed by atoms with Crippen molar-refractivity contribution in [1.82, 2.24) is 19.9 Å². The molecule has 6 rings (SSSR count). The van der Waals surface area contributed by atoms with Gasteiger partial charge in [-0.1, -0.05) is 35.3 Å². The van der Waals surface area contributed by atoms with Gasteiger partial charge in [-0.15, -0.1) is 0 Å². The minimum Gasteiger partial charge on any atom is -0.480 e. The minimum atomic E-state index is 0.246. The fourth-order valence-electron chi connectivity index (χ4n) is 3.69. The van der Waals surface area contributed by atoms with Gasteiger partial charge in [0.25, 0.3) is 0 Å². The van der Waals surface area contributed by atoms with Crippen LogP contribution in [0.5, 0.6) is 17.8 Å². The zero-order chi connectivity index (χ0) is 24.7. The summed E-state index contributed by atoms with van der Waals surface area (Å²) in [5.41, 5.74) is 3.49. The third kappa shape index (κ3) is 4.93. The largest absolute Gasteiger partial charge is 0.480 e. The number of benzene rings is 2. The summed E-state index contributed by atoms with van der Waals surface area (Å²) in [5, 5.41) is 3.00. The molecule has 0 N–H and O–H groups in total. The molecule has 2 saturated carbocycles. The van der Waals surface area contributed by atoms with Gasteiger partial charge in [-0.05, 0) is 62.8 Å². The van der Waals surface area contributed by atoms with Crippen molar-refractivity contribution in [1.29, 1.82) is 0 Å². The Balaban J connectivity index is 0.000000145. The lowest BCUT2D eigenvalue weighted by Gasteiger charge is -2.09. The highest BCUT2D eigenvalue weighted by Crippen LogP contribution is 2.41. The molecule has 0 aliphatic heterocycles. The molecule has 0 saturated heterocycles. The van der Waals surface area contributed by atoms with Gasteiger partial charge in [0.2, 0.25) is 11.8 Å². The van der Waals surface area contributed by atoms with Crippen LogP contribution in [0.4, 0.5) is 0 Å². The van der Waals surface area contributed by atoms with Crippen molar-refractivity contribution >= 4 is 45.0 Å².